The van der Waals surface area contributed by atoms with Crippen LogP contribution < -0.4 is 5.84 Å². The number of rotatable bonds is 0. The maximum Gasteiger partial charge on any atom is 0.211 e. The van der Waals surface area contributed by atoms with Crippen LogP contribution in [0.4, 0.5) is 0 Å². The third kappa shape index (κ3) is 6.44. The minimum Gasteiger partial charge on any atom is -0.615 e. The first-order chi connectivity index (χ1) is 4.79. The Morgan fingerprint density at radius 1 is 1.45 bits per heavy atom. The van der Waals surface area contributed by atoms with Crippen LogP contribution in [-0.4, -0.2) is 10.1 Å². The molecule has 0 aromatic carbocycles. The van der Waals surface area contributed by atoms with Crippen LogP contribution in [0.2, 0.25) is 0 Å². The number of nitrogens with two attached hydrogens (primary N) is 1. The standard InChI is InChI=1S/C5H4BrNO.H3N2.W/c6-4-2-1-3-5(8)7-4;1-2;/h1-3H,(H,7,8);1H,2H2;/q;-1;. The summed E-state index contributed by atoms with van der Waals surface area (Å²) >= 11 is 3.09. The van der Waals surface area contributed by atoms with Gasteiger partial charge in [-0.15, -0.1) is 0 Å². The van der Waals surface area contributed by atoms with E-state index in [0.717, 1.165) is 0 Å². The molecule has 1 aromatic heterocycles. The molecule has 11 heavy (non-hydrogen) atoms. The Balaban J connectivity index is 0. The van der Waals surface area contributed by atoms with Gasteiger partial charge < -0.3 is 16.8 Å². The van der Waals surface area contributed by atoms with Crippen molar-refractivity contribution in [3.05, 3.63) is 28.6 Å². The van der Waals surface area contributed by atoms with Crippen molar-refractivity contribution in [2.75, 3.05) is 0 Å². The predicted molar refractivity (Wildman–Crippen MR) is 42.1 cm³/mol. The van der Waals surface area contributed by atoms with Crippen molar-refractivity contribution >= 4 is 15.9 Å². The van der Waals surface area contributed by atoms with Crippen LogP contribution in [0, 0.1) is 0 Å². The van der Waals surface area contributed by atoms with Crippen LogP contribution in [0.5, 0.6) is 5.88 Å². The first-order valence-electron chi connectivity index (χ1n) is 2.39. The molecule has 62 valence electrons. The summed E-state index contributed by atoms with van der Waals surface area (Å²) in [4.78, 5) is 3.65. The molecule has 0 atom stereocenters. The fourth-order valence-electron chi connectivity index (χ4n) is 0.398. The maximum atomic E-state index is 8.67. The third-order valence-corrected chi connectivity index (χ3v) is 1.14. The van der Waals surface area contributed by atoms with E-state index in [2.05, 4.69) is 26.8 Å². The molecule has 1 aromatic rings. The topological polar surface area (TPSA) is 82.9 Å². The molecule has 0 amide bonds. The van der Waals surface area contributed by atoms with Crippen molar-refractivity contribution in [2.24, 2.45) is 5.84 Å². The molecule has 0 radical (unpaired) electrons. The quantitative estimate of drug-likeness (QED) is 0.401. The zero-order chi connectivity index (χ0) is 7.98. The van der Waals surface area contributed by atoms with E-state index in [4.69, 9.17) is 10.9 Å². The van der Waals surface area contributed by atoms with Crippen LogP contribution in [-0.2, 0) is 21.1 Å². The van der Waals surface area contributed by atoms with E-state index in [1.807, 2.05) is 0 Å². The molecule has 1 heterocycles. The predicted octanol–water partition coefficient (Wildman–Crippen LogP) is 1.46. The Morgan fingerprint density at radius 2 is 2.00 bits per heavy atom. The van der Waals surface area contributed by atoms with Gasteiger partial charge in [-0.1, -0.05) is 6.07 Å². The second-order valence-electron chi connectivity index (χ2n) is 1.32. The van der Waals surface area contributed by atoms with Gasteiger partial charge in [-0.3, -0.25) is 0 Å². The summed E-state index contributed by atoms with van der Waals surface area (Å²) in [6.45, 7) is 0. The number of aromatic nitrogens is 1. The van der Waals surface area contributed by atoms with Gasteiger partial charge in [-0.25, -0.2) is 4.98 Å². The van der Waals surface area contributed by atoms with E-state index in [0.29, 0.717) is 4.60 Å². The summed E-state index contributed by atoms with van der Waals surface area (Å²) in [5.74, 6) is 9.04. The molecule has 0 aliphatic heterocycles. The fraction of sp³-hybridized carbons (Fsp3) is 0. The minimum absolute atomic E-state index is 0. The molecule has 1 rings (SSSR count). The molecule has 0 spiro atoms. The number of nitrogens with zero attached hydrogens (tertiary/aromatic N) is 1. The molecule has 6 heteroatoms. The van der Waals surface area contributed by atoms with Gasteiger partial charge in [0.15, 0.2) is 0 Å². The summed E-state index contributed by atoms with van der Waals surface area (Å²) in [6, 6.07) is 4.98. The second kappa shape index (κ2) is 8.14. The van der Waals surface area contributed by atoms with Crippen LogP contribution >= 0.6 is 15.9 Å². The van der Waals surface area contributed by atoms with Crippen LogP contribution in [0.15, 0.2) is 22.8 Å². The van der Waals surface area contributed by atoms with Crippen LogP contribution in [0.3, 0.4) is 0 Å². The zero-order valence-corrected chi connectivity index (χ0v) is 10.0. The second-order valence-corrected chi connectivity index (χ2v) is 2.13. The van der Waals surface area contributed by atoms with Gasteiger partial charge in [0, 0.05) is 27.1 Å². The molecular formula is C5H7BrN3OW-. The molecule has 4 nitrogen and oxygen atoms in total. The normalized spacial score (nSPS) is 7.18. The van der Waals surface area contributed by atoms with Gasteiger partial charge in [-0.2, -0.15) is 0 Å². The number of hydrogen-bond acceptors (Lipinski definition) is 3. The van der Waals surface area contributed by atoms with Crippen molar-refractivity contribution in [2.45, 2.75) is 0 Å². The van der Waals surface area contributed by atoms with E-state index in [1.54, 1.807) is 12.1 Å². The molecule has 0 fully saturated rings. The Kier molecular flexibility index (Phi) is 10.1. The third-order valence-electron chi connectivity index (χ3n) is 0.700. The SMILES string of the molecule is Oc1cccc(Br)n1.[NH-]N.[W]. The number of hydrogen-bond donors (Lipinski definition) is 2. The van der Waals surface area contributed by atoms with Gasteiger partial charge in [0.25, 0.3) is 0 Å². The molecule has 0 aliphatic carbocycles. The van der Waals surface area contributed by atoms with Gasteiger partial charge in [0.05, 0.1) is 0 Å². The zero-order valence-electron chi connectivity index (χ0n) is 5.49. The van der Waals surface area contributed by atoms with Gasteiger partial charge in [0.2, 0.25) is 5.88 Å². The van der Waals surface area contributed by atoms with Crippen molar-refractivity contribution < 1.29 is 26.2 Å². The monoisotopic (exact) mass is 388 g/mol. The number of nitrogens with one attached hydrogen (secondary N) is 1. The van der Waals surface area contributed by atoms with E-state index in [1.165, 1.54) is 6.07 Å². The molecule has 4 N–H and O–H groups in total. The van der Waals surface area contributed by atoms with Crippen molar-refractivity contribution in [3.63, 3.8) is 0 Å². The van der Waals surface area contributed by atoms with E-state index in [9.17, 15) is 0 Å². The van der Waals surface area contributed by atoms with E-state index >= 15 is 0 Å². The molecule has 0 aliphatic rings. The maximum absolute atomic E-state index is 8.67. The summed E-state index contributed by atoms with van der Waals surface area (Å²) in [6.07, 6.45) is 0. The van der Waals surface area contributed by atoms with Gasteiger partial charge in [0.1, 0.15) is 4.60 Å². The molecular weight excluding hydrogens is 382 g/mol. The molecule has 0 bridgehead atoms. The first-order valence-corrected chi connectivity index (χ1v) is 3.19. The average molecular weight is 389 g/mol. The Morgan fingerprint density at radius 3 is 2.27 bits per heavy atom. The number of aromatic hydroxyl groups is 1. The molecule has 0 unspecified atom stereocenters. The van der Waals surface area contributed by atoms with E-state index in [-0.39, 0.29) is 26.9 Å². The van der Waals surface area contributed by atoms with E-state index < -0.39 is 0 Å². The Bertz CT molecular complexity index is 182. The van der Waals surface area contributed by atoms with Crippen molar-refractivity contribution in [3.8, 4) is 5.88 Å². The van der Waals surface area contributed by atoms with Gasteiger partial charge >= 0.3 is 0 Å². The smallest absolute Gasteiger partial charge is 0.211 e. The van der Waals surface area contributed by atoms with Crippen LogP contribution in [0.25, 0.3) is 5.84 Å². The molecule has 0 saturated heterocycles. The first kappa shape index (κ1) is 13.6. The van der Waals surface area contributed by atoms with Gasteiger partial charge in [-0.05, 0) is 22.0 Å². The number of pyridine rings is 1. The summed E-state index contributed by atoms with van der Waals surface area (Å²) in [5, 5.41) is 8.67. The van der Waals surface area contributed by atoms with Crippen molar-refractivity contribution in [1.29, 1.82) is 0 Å². The van der Waals surface area contributed by atoms with Crippen LogP contribution in [0.1, 0.15) is 0 Å². The number of halogens is 1. The van der Waals surface area contributed by atoms with Crippen molar-refractivity contribution in [1.82, 2.24) is 4.98 Å². The Hall–Kier alpha value is 0.0383. The summed E-state index contributed by atoms with van der Waals surface area (Å²) < 4.78 is 0.650. The molecule has 0 saturated carbocycles. The minimum atomic E-state index is 0. The summed E-state index contributed by atoms with van der Waals surface area (Å²) in [7, 11) is 0. The fourth-order valence-corrected chi connectivity index (χ4v) is 0.732. The average Bonchev–Trinajstić information content (AvgIpc) is 1.91. The largest absolute Gasteiger partial charge is 0.615 e. The summed E-state index contributed by atoms with van der Waals surface area (Å²) in [5.41, 5.74) is 0. The Labute approximate surface area is 87.4 Å².